The van der Waals surface area contributed by atoms with Crippen LogP contribution in [0.5, 0.6) is 0 Å². The highest BCUT2D eigenvalue weighted by Crippen LogP contribution is 2.31. The molecule has 0 aromatic carbocycles. The van der Waals surface area contributed by atoms with Crippen LogP contribution in [0.25, 0.3) is 0 Å². The van der Waals surface area contributed by atoms with Gasteiger partial charge < -0.3 is 0 Å². The first-order valence-electron chi connectivity index (χ1n) is 5.83. The van der Waals surface area contributed by atoms with Crippen LogP contribution in [0.3, 0.4) is 0 Å². The van der Waals surface area contributed by atoms with Crippen LogP contribution in [0.2, 0.25) is 1.41 Å². The fourth-order valence-electron chi connectivity index (χ4n) is 1.05. The molecule has 2 amide bonds. The second kappa shape index (κ2) is 2.88. The van der Waals surface area contributed by atoms with E-state index in [1.54, 1.807) is 20.8 Å². The maximum absolute atomic E-state index is 11.7. The van der Waals surface area contributed by atoms with Crippen LogP contribution in [0.4, 0.5) is 0 Å². The standard InChI is InChI=1S/C9H15NO2/c1-9(2,3)6-4-5-7(11)10-8(6)12/h6H,4-5H2,1-3H3,(H,10,11,12)/i4D,5D2/hD. The van der Waals surface area contributed by atoms with E-state index in [9.17, 15) is 9.59 Å². The van der Waals surface area contributed by atoms with Crippen LogP contribution in [0.15, 0.2) is 0 Å². The Hall–Kier alpha value is -0.860. The highest BCUT2D eigenvalue weighted by atomic mass is 16.2. The smallest absolute Gasteiger partial charge is 0.230 e. The largest absolute Gasteiger partial charge is 0.296 e. The lowest BCUT2D eigenvalue weighted by molar-refractivity contribution is -0.139. The first-order chi connectivity index (χ1) is 7.01. The quantitative estimate of drug-likeness (QED) is 0.557. The number of carbonyl (C=O) groups is 2. The Morgan fingerprint density at radius 2 is 2.17 bits per heavy atom. The normalized spacial score (nSPS) is 41.4. The van der Waals surface area contributed by atoms with Crippen LogP contribution < -0.4 is 5.31 Å². The van der Waals surface area contributed by atoms with Gasteiger partial charge in [0.2, 0.25) is 11.8 Å². The molecule has 1 aliphatic heterocycles. The number of rotatable bonds is 0. The van der Waals surface area contributed by atoms with Crippen molar-refractivity contribution < 1.29 is 15.1 Å². The van der Waals surface area contributed by atoms with Crippen LogP contribution in [-0.2, 0) is 9.59 Å². The van der Waals surface area contributed by atoms with Gasteiger partial charge in [-0.2, -0.15) is 0 Å². The molecule has 0 aromatic heterocycles. The Bertz CT molecular complexity index is 337. The number of carbonyl (C=O) groups excluding carboxylic acids is 2. The molecule has 0 spiro atoms. The minimum absolute atomic E-state index is 0.0565. The Labute approximate surface area is 78.2 Å². The summed E-state index contributed by atoms with van der Waals surface area (Å²) in [7, 11) is 0. The second-order valence-corrected chi connectivity index (χ2v) is 3.91. The van der Waals surface area contributed by atoms with Gasteiger partial charge in [0.05, 0.1) is 0 Å². The van der Waals surface area contributed by atoms with E-state index in [4.69, 9.17) is 5.52 Å². The van der Waals surface area contributed by atoms with Gasteiger partial charge in [0, 0.05) is 16.4 Å². The molecule has 2 unspecified atom stereocenters. The minimum Gasteiger partial charge on any atom is -0.296 e. The lowest BCUT2D eigenvalue weighted by Crippen LogP contribution is -2.45. The Morgan fingerprint density at radius 1 is 1.58 bits per heavy atom. The van der Waals surface area contributed by atoms with Crippen molar-refractivity contribution in [3.05, 3.63) is 0 Å². The van der Waals surface area contributed by atoms with Crippen LogP contribution >= 0.6 is 0 Å². The molecule has 0 aliphatic carbocycles. The number of nitrogens with one attached hydrogen (secondary N) is 1. The van der Waals surface area contributed by atoms with E-state index in [2.05, 4.69) is 0 Å². The van der Waals surface area contributed by atoms with E-state index in [0.717, 1.165) is 0 Å². The van der Waals surface area contributed by atoms with Crippen molar-refractivity contribution in [2.45, 2.75) is 33.5 Å². The zero-order valence-electron chi connectivity index (χ0n) is 11.4. The third-order valence-corrected chi connectivity index (χ3v) is 1.78. The molecule has 1 rings (SSSR count). The summed E-state index contributed by atoms with van der Waals surface area (Å²) in [5, 5.41) is 0.0565. The lowest BCUT2D eigenvalue weighted by Gasteiger charge is -2.31. The summed E-state index contributed by atoms with van der Waals surface area (Å²) in [6.45, 7) is 5.07. The van der Waals surface area contributed by atoms with Gasteiger partial charge in [0.1, 0.15) is 0 Å². The van der Waals surface area contributed by atoms with Gasteiger partial charge in [-0.15, -0.1) is 0 Å². The van der Waals surface area contributed by atoms with E-state index in [0.29, 0.717) is 0 Å². The molecule has 1 heterocycles. The zero-order chi connectivity index (χ0) is 12.9. The van der Waals surface area contributed by atoms with E-state index >= 15 is 0 Å². The van der Waals surface area contributed by atoms with Crippen LogP contribution in [-0.4, -0.2) is 11.8 Å². The van der Waals surface area contributed by atoms with Gasteiger partial charge in [-0.05, 0) is 11.8 Å². The molecule has 1 fully saturated rings. The molecule has 3 nitrogen and oxygen atoms in total. The van der Waals surface area contributed by atoms with Crippen molar-refractivity contribution in [3.8, 4) is 0 Å². The molecule has 12 heavy (non-hydrogen) atoms. The predicted molar refractivity (Wildman–Crippen MR) is 45.3 cm³/mol. The van der Waals surface area contributed by atoms with Gasteiger partial charge >= 0.3 is 0 Å². The molecule has 0 radical (unpaired) electrons. The monoisotopic (exact) mass is 173 g/mol. The number of piperidine rings is 1. The molecule has 2 atom stereocenters. The third kappa shape index (κ3) is 1.84. The first-order valence-corrected chi connectivity index (χ1v) is 3.80. The van der Waals surface area contributed by atoms with E-state index < -0.39 is 35.9 Å². The molecule has 3 heteroatoms. The Kier molecular flexibility index (Phi) is 1.20. The topological polar surface area (TPSA) is 46.2 Å². The van der Waals surface area contributed by atoms with E-state index in [1.807, 2.05) is 0 Å². The molecular weight excluding hydrogens is 154 g/mol. The molecular formula is C9H15NO2. The number of imide groups is 1. The van der Waals surface area contributed by atoms with Crippen molar-refractivity contribution in [1.29, 1.82) is 0 Å². The van der Waals surface area contributed by atoms with E-state index in [-0.39, 0.29) is 5.31 Å². The van der Waals surface area contributed by atoms with Gasteiger partial charge in [0.15, 0.2) is 1.41 Å². The van der Waals surface area contributed by atoms with Crippen LogP contribution in [0, 0.1) is 11.3 Å². The van der Waals surface area contributed by atoms with Crippen molar-refractivity contribution >= 4 is 11.8 Å². The average Bonchev–Trinajstić information content (AvgIpc) is 2.11. The molecule has 1 N–H and O–H groups in total. The zero-order valence-corrected chi connectivity index (χ0v) is 7.42. The fraction of sp³-hybridized carbons (Fsp3) is 0.778. The summed E-state index contributed by atoms with van der Waals surface area (Å²) in [6, 6.07) is 0. The lowest BCUT2D eigenvalue weighted by atomic mass is 9.76. The molecule has 1 saturated heterocycles. The summed E-state index contributed by atoms with van der Waals surface area (Å²) >= 11 is 0. The minimum atomic E-state index is -2.48. The summed E-state index contributed by atoms with van der Waals surface area (Å²) in [5.41, 5.74) is -0.656. The van der Waals surface area contributed by atoms with Gasteiger partial charge in [-0.25, -0.2) is 0 Å². The maximum atomic E-state index is 11.7. The molecule has 1 aliphatic rings. The molecule has 0 bridgehead atoms. The number of hydrogen-bond acceptors (Lipinski definition) is 2. The van der Waals surface area contributed by atoms with Crippen molar-refractivity contribution in [2.24, 2.45) is 11.3 Å². The van der Waals surface area contributed by atoms with Crippen molar-refractivity contribution in [3.63, 3.8) is 0 Å². The Morgan fingerprint density at radius 3 is 2.67 bits per heavy atom. The first kappa shape index (κ1) is 5.00. The van der Waals surface area contributed by atoms with E-state index in [1.165, 1.54) is 0 Å². The Balaban J connectivity index is 3.22. The van der Waals surface area contributed by atoms with Crippen molar-refractivity contribution in [1.82, 2.24) is 5.31 Å². The summed E-state index contributed by atoms with van der Waals surface area (Å²) in [5.74, 6) is -3.04. The van der Waals surface area contributed by atoms with Crippen molar-refractivity contribution in [2.75, 3.05) is 0 Å². The maximum Gasteiger partial charge on any atom is 0.230 e. The second-order valence-electron chi connectivity index (χ2n) is 3.91. The summed E-state index contributed by atoms with van der Waals surface area (Å²) in [6.07, 6.45) is -3.94. The third-order valence-electron chi connectivity index (χ3n) is 1.78. The number of hydrogen-bond donors (Lipinski definition) is 1. The van der Waals surface area contributed by atoms with Gasteiger partial charge in [0.25, 0.3) is 0 Å². The molecule has 0 saturated carbocycles. The predicted octanol–water partition coefficient (Wildman–Crippen LogP) is 1.09. The number of amides is 2. The molecule has 68 valence electrons. The van der Waals surface area contributed by atoms with Gasteiger partial charge in [-0.1, -0.05) is 20.8 Å². The highest BCUT2D eigenvalue weighted by Gasteiger charge is 2.35. The fourth-order valence-corrected chi connectivity index (χ4v) is 1.05. The molecule has 0 aromatic rings. The average molecular weight is 173 g/mol. The summed E-state index contributed by atoms with van der Waals surface area (Å²) in [4.78, 5) is 23.1. The van der Waals surface area contributed by atoms with Gasteiger partial charge in [-0.3, -0.25) is 14.9 Å². The summed E-state index contributed by atoms with van der Waals surface area (Å²) < 4.78 is 29.9. The highest BCUT2D eigenvalue weighted by molar-refractivity contribution is 5.98. The SMILES string of the molecule is [2H]C1C(C(C)(C)C)C(=O)N([2H])C(=O)C1([2H])[2H]. The van der Waals surface area contributed by atoms with Crippen LogP contribution in [0.1, 0.15) is 37.7 Å².